The number of carbonyl (C=O) groups is 2. The lowest BCUT2D eigenvalue weighted by atomic mass is 10.1. The zero-order valence-corrected chi connectivity index (χ0v) is 11.1. The van der Waals surface area contributed by atoms with Gasteiger partial charge < -0.3 is 19.7 Å². The maximum atomic E-state index is 12.0. The number of hydrogen-bond acceptors (Lipinski definition) is 5. The predicted octanol–water partition coefficient (Wildman–Crippen LogP) is 2.32. The second-order valence-electron chi connectivity index (χ2n) is 4.05. The van der Waals surface area contributed by atoms with Gasteiger partial charge in [0.15, 0.2) is 11.5 Å². The Morgan fingerprint density at radius 2 is 1.57 bits per heavy atom. The number of phenolic OH excluding ortho intramolecular Hbond substituents is 1. The van der Waals surface area contributed by atoms with Crippen molar-refractivity contribution in [2.24, 2.45) is 0 Å². The van der Waals surface area contributed by atoms with E-state index >= 15 is 0 Å². The molecule has 0 heterocycles. The molecule has 0 saturated carbocycles. The van der Waals surface area contributed by atoms with Gasteiger partial charge in [0.1, 0.15) is 16.9 Å². The molecule has 0 fully saturated rings. The van der Waals surface area contributed by atoms with Gasteiger partial charge in [0.25, 0.3) is 0 Å². The molecule has 2 rings (SSSR count). The molecule has 0 aliphatic rings. The molecule has 108 valence electrons. The summed E-state index contributed by atoms with van der Waals surface area (Å²) in [5, 5.41) is 18.9. The molecule has 0 radical (unpaired) electrons. The maximum absolute atomic E-state index is 12.0. The fourth-order valence-corrected chi connectivity index (χ4v) is 1.74. The molecule has 0 bridgehead atoms. The number of ether oxygens (including phenoxy) is 2. The van der Waals surface area contributed by atoms with Crippen LogP contribution in [0, 0.1) is 0 Å². The van der Waals surface area contributed by atoms with Crippen LogP contribution in [0.4, 0.5) is 0 Å². The summed E-state index contributed by atoms with van der Waals surface area (Å²) in [7, 11) is 1.35. The number of hydrogen-bond donors (Lipinski definition) is 2. The first-order chi connectivity index (χ1) is 10.0. The molecule has 0 aliphatic carbocycles. The number of aromatic carboxylic acids is 1. The number of carboxylic acids is 1. The molecule has 0 aromatic heterocycles. The molecule has 2 aromatic carbocycles. The standard InChI is InChI=1S/C15H12O6/c1-20-12-8-4-6-10(13(12)16)15(19)21-11-7-3-2-5-9(11)14(17)18/h2-8,16H,1H3,(H,17,18). The lowest BCUT2D eigenvalue weighted by Crippen LogP contribution is -2.12. The van der Waals surface area contributed by atoms with Gasteiger partial charge >= 0.3 is 11.9 Å². The third-order valence-electron chi connectivity index (χ3n) is 2.76. The van der Waals surface area contributed by atoms with Crippen LogP contribution >= 0.6 is 0 Å². The van der Waals surface area contributed by atoms with Gasteiger partial charge in [-0.15, -0.1) is 0 Å². The SMILES string of the molecule is COc1cccc(C(=O)Oc2ccccc2C(=O)O)c1O. The molecule has 21 heavy (non-hydrogen) atoms. The Hall–Kier alpha value is -3.02. The number of para-hydroxylation sites is 2. The van der Waals surface area contributed by atoms with Crippen molar-refractivity contribution in [3.8, 4) is 17.2 Å². The monoisotopic (exact) mass is 288 g/mol. The van der Waals surface area contributed by atoms with Crippen molar-refractivity contribution in [2.75, 3.05) is 7.11 Å². The predicted molar refractivity (Wildman–Crippen MR) is 73.0 cm³/mol. The minimum absolute atomic E-state index is 0.0998. The third kappa shape index (κ3) is 2.94. The van der Waals surface area contributed by atoms with Crippen molar-refractivity contribution < 1.29 is 29.3 Å². The maximum Gasteiger partial charge on any atom is 0.347 e. The number of esters is 1. The first-order valence-corrected chi connectivity index (χ1v) is 5.95. The van der Waals surface area contributed by atoms with E-state index in [-0.39, 0.29) is 28.4 Å². The summed E-state index contributed by atoms with van der Waals surface area (Å²) in [6.07, 6.45) is 0. The minimum atomic E-state index is -1.21. The Labute approximate surface area is 120 Å². The molecule has 0 unspecified atom stereocenters. The highest BCUT2D eigenvalue weighted by atomic mass is 16.5. The van der Waals surface area contributed by atoms with Crippen LogP contribution in [-0.2, 0) is 0 Å². The molecule has 6 heteroatoms. The molecule has 2 N–H and O–H groups in total. The normalized spacial score (nSPS) is 9.95. The van der Waals surface area contributed by atoms with Crippen molar-refractivity contribution in [3.63, 3.8) is 0 Å². The van der Waals surface area contributed by atoms with E-state index in [1.165, 1.54) is 43.5 Å². The highest BCUT2D eigenvalue weighted by Crippen LogP contribution is 2.30. The van der Waals surface area contributed by atoms with Crippen molar-refractivity contribution in [1.82, 2.24) is 0 Å². The Morgan fingerprint density at radius 3 is 2.24 bits per heavy atom. The van der Waals surface area contributed by atoms with Gasteiger partial charge in [0.05, 0.1) is 7.11 Å². The number of aromatic hydroxyl groups is 1. The van der Waals surface area contributed by atoms with E-state index in [4.69, 9.17) is 14.6 Å². The smallest absolute Gasteiger partial charge is 0.347 e. The fraction of sp³-hybridized carbons (Fsp3) is 0.0667. The Morgan fingerprint density at radius 1 is 0.952 bits per heavy atom. The van der Waals surface area contributed by atoms with E-state index in [2.05, 4.69) is 0 Å². The van der Waals surface area contributed by atoms with Crippen molar-refractivity contribution in [2.45, 2.75) is 0 Å². The number of methoxy groups -OCH3 is 1. The average molecular weight is 288 g/mol. The molecule has 0 aliphatic heterocycles. The van der Waals surface area contributed by atoms with Gasteiger partial charge in [0, 0.05) is 0 Å². The largest absolute Gasteiger partial charge is 0.504 e. The summed E-state index contributed by atoms with van der Waals surface area (Å²) in [5.41, 5.74) is -0.261. The number of rotatable bonds is 4. The Kier molecular flexibility index (Phi) is 4.08. The molecule has 0 amide bonds. The second kappa shape index (κ2) is 5.96. The molecule has 0 spiro atoms. The molecule has 6 nitrogen and oxygen atoms in total. The van der Waals surface area contributed by atoms with E-state index in [1.54, 1.807) is 6.07 Å². The van der Waals surface area contributed by atoms with Crippen LogP contribution in [0.2, 0.25) is 0 Å². The molecule has 0 atom stereocenters. The van der Waals surface area contributed by atoms with Crippen LogP contribution in [0.1, 0.15) is 20.7 Å². The van der Waals surface area contributed by atoms with Crippen molar-refractivity contribution in [1.29, 1.82) is 0 Å². The quantitative estimate of drug-likeness (QED) is 0.662. The number of carboxylic acid groups (broad SMARTS) is 1. The van der Waals surface area contributed by atoms with E-state index in [0.717, 1.165) is 0 Å². The van der Waals surface area contributed by atoms with E-state index in [0.29, 0.717) is 0 Å². The first kappa shape index (κ1) is 14.4. The number of benzene rings is 2. The Balaban J connectivity index is 2.33. The summed E-state index contributed by atoms with van der Waals surface area (Å²) < 4.78 is 9.93. The summed E-state index contributed by atoms with van der Waals surface area (Å²) in [6, 6.07) is 10.1. The fourth-order valence-electron chi connectivity index (χ4n) is 1.74. The van der Waals surface area contributed by atoms with Crippen LogP contribution in [0.25, 0.3) is 0 Å². The Bertz CT molecular complexity index is 692. The van der Waals surface area contributed by atoms with E-state index < -0.39 is 11.9 Å². The number of carbonyl (C=O) groups excluding carboxylic acids is 1. The number of phenols is 1. The first-order valence-electron chi connectivity index (χ1n) is 5.95. The molecule has 0 saturated heterocycles. The topological polar surface area (TPSA) is 93.1 Å². The highest BCUT2D eigenvalue weighted by Gasteiger charge is 2.19. The summed E-state index contributed by atoms with van der Waals surface area (Å²) in [5.74, 6) is -2.43. The molecular weight excluding hydrogens is 276 g/mol. The van der Waals surface area contributed by atoms with Gasteiger partial charge in [-0.2, -0.15) is 0 Å². The summed E-state index contributed by atoms with van der Waals surface area (Å²) >= 11 is 0. The third-order valence-corrected chi connectivity index (χ3v) is 2.76. The van der Waals surface area contributed by atoms with Crippen molar-refractivity contribution in [3.05, 3.63) is 53.6 Å². The zero-order valence-electron chi connectivity index (χ0n) is 11.1. The average Bonchev–Trinajstić information content (AvgIpc) is 2.47. The van der Waals surface area contributed by atoms with Crippen molar-refractivity contribution >= 4 is 11.9 Å². The minimum Gasteiger partial charge on any atom is -0.504 e. The van der Waals surface area contributed by atoms with Crippen LogP contribution < -0.4 is 9.47 Å². The van der Waals surface area contributed by atoms with Gasteiger partial charge in [-0.05, 0) is 24.3 Å². The molecule has 2 aromatic rings. The van der Waals surface area contributed by atoms with E-state index in [9.17, 15) is 14.7 Å². The lowest BCUT2D eigenvalue weighted by Gasteiger charge is -2.10. The van der Waals surface area contributed by atoms with E-state index in [1.807, 2.05) is 0 Å². The highest BCUT2D eigenvalue weighted by molar-refractivity contribution is 5.97. The second-order valence-corrected chi connectivity index (χ2v) is 4.05. The van der Waals surface area contributed by atoms with Gasteiger partial charge in [-0.1, -0.05) is 18.2 Å². The van der Waals surface area contributed by atoms with Crippen LogP contribution in [0.15, 0.2) is 42.5 Å². The summed E-state index contributed by atoms with van der Waals surface area (Å²) in [4.78, 5) is 23.1. The van der Waals surface area contributed by atoms with Crippen LogP contribution in [-0.4, -0.2) is 29.3 Å². The van der Waals surface area contributed by atoms with Gasteiger partial charge in [-0.25, -0.2) is 9.59 Å². The zero-order chi connectivity index (χ0) is 15.4. The lowest BCUT2D eigenvalue weighted by molar-refractivity contribution is 0.0681. The molecular formula is C15H12O6. The van der Waals surface area contributed by atoms with Crippen LogP contribution in [0.5, 0.6) is 17.2 Å². The van der Waals surface area contributed by atoms with Crippen LogP contribution in [0.3, 0.4) is 0 Å². The van der Waals surface area contributed by atoms with Gasteiger partial charge in [-0.3, -0.25) is 0 Å². The van der Waals surface area contributed by atoms with Gasteiger partial charge in [0.2, 0.25) is 0 Å². The summed E-state index contributed by atoms with van der Waals surface area (Å²) in [6.45, 7) is 0.